The second-order valence-corrected chi connectivity index (χ2v) is 3.64. The highest BCUT2D eigenvalue weighted by Gasteiger charge is 2.02. The lowest BCUT2D eigenvalue weighted by atomic mass is 10.2. The topological polar surface area (TPSA) is 49.9 Å². The number of nitrogen functional groups attached to an aromatic ring is 1. The van der Waals surface area contributed by atoms with Crippen LogP contribution in [-0.2, 0) is 0 Å². The average molecular weight is 280 g/mol. The molecule has 0 saturated carbocycles. The third-order valence-corrected chi connectivity index (χ3v) is 2.39. The summed E-state index contributed by atoms with van der Waals surface area (Å²) in [6, 6.07) is 5.29. The van der Waals surface area contributed by atoms with Crippen molar-refractivity contribution >= 4 is 40.0 Å². The van der Waals surface area contributed by atoms with Crippen LogP contribution in [0.25, 0.3) is 0 Å². The predicted molar refractivity (Wildman–Crippen MR) is 55.2 cm³/mol. The molecular formula is C7H6ClIN2. The van der Waals surface area contributed by atoms with Crippen molar-refractivity contribution in [2.75, 3.05) is 0 Å². The zero-order valence-corrected chi connectivity index (χ0v) is 8.48. The summed E-state index contributed by atoms with van der Waals surface area (Å²) in [6.07, 6.45) is 0. The van der Waals surface area contributed by atoms with Crippen molar-refractivity contribution in [2.24, 2.45) is 5.73 Å². The van der Waals surface area contributed by atoms with E-state index in [1.54, 1.807) is 12.1 Å². The molecule has 0 saturated heterocycles. The van der Waals surface area contributed by atoms with E-state index >= 15 is 0 Å². The van der Waals surface area contributed by atoms with Gasteiger partial charge in [-0.1, -0.05) is 11.6 Å². The van der Waals surface area contributed by atoms with Crippen molar-refractivity contribution in [1.82, 2.24) is 0 Å². The third kappa shape index (κ3) is 2.07. The van der Waals surface area contributed by atoms with E-state index in [0.717, 1.165) is 3.57 Å². The number of hydrogen-bond donors (Lipinski definition) is 2. The molecule has 0 fully saturated rings. The van der Waals surface area contributed by atoms with Gasteiger partial charge < -0.3 is 5.73 Å². The van der Waals surface area contributed by atoms with Crippen molar-refractivity contribution in [3.63, 3.8) is 0 Å². The van der Waals surface area contributed by atoms with Crippen LogP contribution in [0.3, 0.4) is 0 Å². The summed E-state index contributed by atoms with van der Waals surface area (Å²) in [5.41, 5.74) is 6.00. The zero-order valence-electron chi connectivity index (χ0n) is 5.57. The molecule has 0 aliphatic carbocycles. The molecule has 1 aromatic carbocycles. The van der Waals surface area contributed by atoms with E-state index in [2.05, 4.69) is 22.6 Å². The van der Waals surface area contributed by atoms with Gasteiger partial charge in [-0.3, -0.25) is 5.41 Å². The van der Waals surface area contributed by atoms with Crippen LogP contribution in [0.1, 0.15) is 5.56 Å². The van der Waals surface area contributed by atoms with Gasteiger partial charge in [0.1, 0.15) is 5.84 Å². The van der Waals surface area contributed by atoms with E-state index in [1.165, 1.54) is 0 Å². The molecule has 2 nitrogen and oxygen atoms in total. The highest BCUT2D eigenvalue weighted by atomic mass is 127. The molecular weight excluding hydrogens is 274 g/mol. The van der Waals surface area contributed by atoms with Crippen LogP contribution in [-0.4, -0.2) is 5.84 Å². The van der Waals surface area contributed by atoms with Crippen LogP contribution >= 0.6 is 34.2 Å². The molecule has 0 aliphatic rings. The molecule has 58 valence electrons. The van der Waals surface area contributed by atoms with Crippen LogP contribution in [0.2, 0.25) is 5.02 Å². The molecule has 0 radical (unpaired) electrons. The fourth-order valence-electron chi connectivity index (χ4n) is 0.704. The van der Waals surface area contributed by atoms with Crippen LogP contribution in [0.15, 0.2) is 18.2 Å². The summed E-state index contributed by atoms with van der Waals surface area (Å²) in [6.45, 7) is 0. The van der Waals surface area contributed by atoms with Crippen molar-refractivity contribution in [2.45, 2.75) is 0 Å². The largest absolute Gasteiger partial charge is 0.384 e. The molecule has 0 unspecified atom stereocenters. The van der Waals surface area contributed by atoms with Crippen molar-refractivity contribution in [1.29, 1.82) is 5.41 Å². The minimum absolute atomic E-state index is 0.0527. The third-order valence-electron chi connectivity index (χ3n) is 1.22. The molecule has 0 spiro atoms. The number of amidine groups is 1. The summed E-state index contributed by atoms with van der Waals surface area (Å²) in [5, 5.41) is 7.79. The summed E-state index contributed by atoms with van der Waals surface area (Å²) in [5.74, 6) is 0.0527. The molecule has 0 heterocycles. The van der Waals surface area contributed by atoms with Gasteiger partial charge in [-0.25, -0.2) is 0 Å². The van der Waals surface area contributed by atoms with Crippen LogP contribution < -0.4 is 5.73 Å². The Bertz CT molecular complexity index is 298. The Morgan fingerprint density at radius 2 is 2.18 bits per heavy atom. The quantitative estimate of drug-likeness (QED) is 0.462. The fraction of sp³-hybridized carbons (Fsp3) is 0. The first-order valence-corrected chi connectivity index (χ1v) is 4.36. The number of nitrogens with one attached hydrogen (secondary N) is 1. The Hall–Kier alpha value is -0.290. The molecule has 0 aliphatic heterocycles. The lowest BCUT2D eigenvalue weighted by Crippen LogP contribution is -2.12. The molecule has 3 N–H and O–H groups in total. The first kappa shape index (κ1) is 8.80. The number of rotatable bonds is 1. The molecule has 0 atom stereocenters. The second kappa shape index (κ2) is 3.40. The second-order valence-electron chi connectivity index (χ2n) is 2.04. The molecule has 0 aromatic heterocycles. The van der Waals surface area contributed by atoms with Gasteiger partial charge in [-0.15, -0.1) is 0 Å². The van der Waals surface area contributed by atoms with Gasteiger partial charge in [-0.2, -0.15) is 0 Å². The maximum atomic E-state index is 7.19. The first-order valence-electron chi connectivity index (χ1n) is 2.90. The zero-order chi connectivity index (χ0) is 8.43. The van der Waals surface area contributed by atoms with E-state index in [4.69, 9.17) is 22.7 Å². The molecule has 1 aromatic rings. The summed E-state index contributed by atoms with van der Waals surface area (Å²) in [7, 11) is 0. The number of benzene rings is 1. The Balaban J connectivity index is 3.23. The van der Waals surface area contributed by atoms with Gasteiger partial charge in [0.25, 0.3) is 0 Å². The fourth-order valence-corrected chi connectivity index (χ4v) is 1.50. The smallest absolute Gasteiger partial charge is 0.123 e. The SMILES string of the molecule is N=C(N)c1cc(Cl)ccc1I. The Morgan fingerprint density at radius 1 is 1.55 bits per heavy atom. The van der Waals surface area contributed by atoms with Gasteiger partial charge in [0.2, 0.25) is 0 Å². The normalized spacial score (nSPS) is 9.64. The Morgan fingerprint density at radius 3 is 2.64 bits per heavy atom. The standard InChI is InChI=1S/C7H6ClIN2/c8-4-1-2-6(9)5(3-4)7(10)11/h1-3H,(H3,10,11). The van der Waals surface area contributed by atoms with Crippen molar-refractivity contribution < 1.29 is 0 Å². The maximum absolute atomic E-state index is 7.19. The molecule has 11 heavy (non-hydrogen) atoms. The highest BCUT2D eigenvalue weighted by Crippen LogP contribution is 2.16. The number of nitrogens with two attached hydrogens (primary N) is 1. The van der Waals surface area contributed by atoms with E-state index in [1.807, 2.05) is 6.07 Å². The van der Waals surface area contributed by atoms with Crippen molar-refractivity contribution in [3.05, 3.63) is 32.4 Å². The minimum atomic E-state index is 0.0527. The van der Waals surface area contributed by atoms with Gasteiger partial charge >= 0.3 is 0 Å². The summed E-state index contributed by atoms with van der Waals surface area (Å²) < 4.78 is 0.944. The number of halogens is 2. The van der Waals surface area contributed by atoms with Crippen LogP contribution in [0, 0.1) is 8.98 Å². The Kier molecular flexibility index (Phi) is 2.72. The molecule has 0 bridgehead atoms. The maximum Gasteiger partial charge on any atom is 0.123 e. The predicted octanol–water partition coefficient (Wildman–Crippen LogP) is 2.23. The monoisotopic (exact) mass is 280 g/mol. The summed E-state index contributed by atoms with van der Waals surface area (Å²) in [4.78, 5) is 0. The van der Waals surface area contributed by atoms with E-state index < -0.39 is 0 Å². The van der Waals surface area contributed by atoms with Gasteiger partial charge in [0, 0.05) is 14.2 Å². The molecule has 1 rings (SSSR count). The van der Waals surface area contributed by atoms with Crippen LogP contribution in [0.4, 0.5) is 0 Å². The van der Waals surface area contributed by atoms with E-state index in [0.29, 0.717) is 10.6 Å². The lowest BCUT2D eigenvalue weighted by Gasteiger charge is -2.01. The first-order chi connectivity index (χ1) is 5.11. The Labute approximate surface area is 83.4 Å². The van der Waals surface area contributed by atoms with Gasteiger partial charge in [0.15, 0.2) is 0 Å². The molecule has 0 amide bonds. The van der Waals surface area contributed by atoms with E-state index in [9.17, 15) is 0 Å². The average Bonchev–Trinajstić information content (AvgIpc) is 1.94. The minimum Gasteiger partial charge on any atom is -0.384 e. The lowest BCUT2D eigenvalue weighted by molar-refractivity contribution is 1.41. The van der Waals surface area contributed by atoms with Gasteiger partial charge in [-0.05, 0) is 40.8 Å². The van der Waals surface area contributed by atoms with E-state index in [-0.39, 0.29) is 5.84 Å². The summed E-state index contributed by atoms with van der Waals surface area (Å²) >= 11 is 7.82. The highest BCUT2D eigenvalue weighted by molar-refractivity contribution is 14.1. The van der Waals surface area contributed by atoms with Gasteiger partial charge in [0.05, 0.1) is 0 Å². The number of hydrogen-bond acceptors (Lipinski definition) is 1. The van der Waals surface area contributed by atoms with Crippen LogP contribution in [0.5, 0.6) is 0 Å². The molecule has 4 heteroatoms. The van der Waals surface area contributed by atoms with Crippen molar-refractivity contribution in [3.8, 4) is 0 Å².